The topological polar surface area (TPSA) is 29.5 Å². The van der Waals surface area contributed by atoms with E-state index in [-0.39, 0.29) is 12.1 Å². The van der Waals surface area contributed by atoms with Crippen LogP contribution in [-0.4, -0.2) is 30.7 Å². The largest absolute Gasteiger partial charge is 0.450 e. The normalized spacial score (nSPS) is 22.1. The van der Waals surface area contributed by atoms with E-state index in [1.165, 1.54) is 42.4 Å². The standard InChI is InChI=1S/C20H31NO2/c1-5-23-20(22)21(4)19-14-18-12-11-15(2)13-17(18)10-8-6-7-9-16(19)3/h11-13,16,19H,5-10,14H2,1-4H3/t16-,19+/m1/s1. The molecule has 0 aliphatic heterocycles. The zero-order chi connectivity index (χ0) is 16.8. The molecule has 1 aromatic carbocycles. The number of benzene rings is 1. The molecule has 3 heteroatoms. The molecule has 0 N–H and O–H groups in total. The Morgan fingerprint density at radius 2 is 2.04 bits per heavy atom. The fourth-order valence-corrected chi connectivity index (χ4v) is 3.64. The molecule has 1 aliphatic carbocycles. The van der Waals surface area contributed by atoms with Gasteiger partial charge in [0, 0.05) is 13.1 Å². The van der Waals surface area contributed by atoms with Crippen LogP contribution in [0, 0.1) is 12.8 Å². The van der Waals surface area contributed by atoms with Gasteiger partial charge < -0.3 is 9.64 Å². The van der Waals surface area contributed by atoms with Gasteiger partial charge in [0.1, 0.15) is 0 Å². The number of hydrogen-bond donors (Lipinski definition) is 0. The molecule has 3 nitrogen and oxygen atoms in total. The number of carbonyl (C=O) groups excluding carboxylic acids is 1. The van der Waals surface area contributed by atoms with Crippen molar-refractivity contribution < 1.29 is 9.53 Å². The van der Waals surface area contributed by atoms with Crippen LogP contribution in [0.15, 0.2) is 18.2 Å². The molecule has 0 unspecified atom stereocenters. The van der Waals surface area contributed by atoms with Gasteiger partial charge in [0.25, 0.3) is 0 Å². The number of likely N-dealkylation sites (N-methyl/N-ethyl adjacent to an activating group) is 1. The van der Waals surface area contributed by atoms with E-state index in [9.17, 15) is 4.79 Å². The van der Waals surface area contributed by atoms with Crippen molar-refractivity contribution in [1.29, 1.82) is 0 Å². The SMILES string of the molecule is CCOC(=O)N(C)[C@H]1Cc2ccc(C)cc2CCCCC[C@H]1C. The van der Waals surface area contributed by atoms with Gasteiger partial charge in [0.05, 0.1) is 6.61 Å². The van der Waals surface area contributed by atoms with E-state index in [4.69, 9.17) is 4.74 Å². The Morgan fingerprint density at radius 3 is 2.78 bits per heavy atom. The van der Waals surface area contributed by atoms with Gasteiger partial charge in [-0.15, -0.1) is 0 Å². The predicted molar refractivity (Wildman–Crippen MR) is 94.8 cm³/mol. The maximum absolute atomic E-state index is 12.2. The molecule has 0 fully saturated rings. The molecule has 1 amide bonds. The van der Waals surface area contributed by atoms with Crippen LogP contribution in [0.1, 0.15) is 56.2 Å². The third-order valence-electron chi connectivity index (χ3n) is 5.11. The monoisotopic (exact) mass is 317 g/mol. The number of fused-ring (bicyclic) bond motifs is 1. The molecule has 0 aromatic heterocycles. The Bertz CT molecular complexity index is 526. The second-order valence-corrected chi connectivity index (χ2v) is 6.93. The Labute approximate surface area is 141 Å². The predicted octanol–water partition coefficient (Wildman–Crippen LogP) is 4.75. The molecule has 1 aliphatic rings. The number of carbonyl (C=O) groups is 1. The summed E-state index contributed by atoms with van der Waals surface area (Å²) in [6.07, 6.45) is 6.84. The van der Waals surface area contributed by atoms with E-state index < -0.39 is 0 Å². The van der Waals surface area contributed by atoms with E-state index in [1.807, 2.05) is 18.9 Å². The Hall–Kier alpha value is -1.51. The first-order valence-corrected chi connectivity index (χ1v) is 9.01. The minimum absolute atomic E-state index is 0.199. The molecule has 0 heterocycles. The molecule has 0 bridgehead atoms. The van der Waals surface area contributed by atoms with Gasteiger partial charge in [-0.05, 0) is 56.6 Å². The van der Waals surface area contributed by atoms with Crippen LogP contribution >= 0.6 is 0 Å². The number of aryl methyl sites for hydroxylation is 2. The van der Waals surface area contributed by atoms with E-state index in [0.717, 1.165) is 12.8 Å². The lowest BCUT2D eigenvalue weighted by molar-refractivity contribution is 0.0880. The number of rotatable bonds is 2. The summed E-state index contributed by atoms with van der Waals surface area (Å²) in [7, 11) is 1.89. The van der Waals surface area contributed by atoms with Gasteiger partial charge >= 0.3 is 6.09 Å². The maximum atomic E-state index is 12.2. The fraction of sp³-hybridized carbons (Fsp3) is 0.650. The summed E-state index contributed by atoms with van der Waals surface area (Å²) in [6, 6.07) is 6.97. The van der Waals surface area contributed by atoms with Crippen molar-refractivity contribution in [3.8, 4) is 0 Å². The molecular weight excluding hydrogens is 286 g/mol. The summed E-state index contributed by atoms with van der Waals surface area (Å²) in [5.74, 6) is 0.483. The Kier molecular flexibility index (Phi) is 6.49. The number of ether oxygens (including phenoxy) is 1. The van der Waals surface area contributed by atoms with Crippen LogP contribution in [0.3, 0.4) is 0 Å². The molecule has 0 saturated heterocycles. The van der Waals surface area contributed by atoms with E-state index >= 15 is 0 Å². The summed E-state index contributed by atoms with van der Waals surface area (Å²) < 4.78 is 5.23. The Morgan fingerprint density at radius 1 is 1.26 bits per heavy atom. The minimum Gasteiger partial charge on any atom is -0.450 e. The first-order chi connectivity index (χ1) is 11.0. The maximum Gasteiger partial charge on any atom is 0.409 e. The van der Waals surface area contributed by atoms with Gasteiger partial charge in [-0.2, -0.15) is 0 Å². The van der Waals surface area contributed by atoms with Crippen molar-refractivity contribution in [3.05, 3.63) is 34.9 Å². The number of nitrogens with zero attached hydrogens (tertiary/aromatic N) is 1. The number of hydrogen-bond acceptors (Lipinski definition) is 2. The van der Waals surface area contributed by atoms with E-state index in [1.54, 1.807) is 0 Å². The quantitative estimate of drug-likeness (QED) is 0.788. The first-order valence-electron chi connectivity index (χ1n) is 9.01. The van der Waals surface area contributed by atoms with Gasteiger partial charge in [0.15, 0.2) is 0 Å². The fourth-order valence-electron chi connectivity index (χ4n) is 3.64. The average Bonchev–Trinajstić information content (AvgIpc) is 2.53. The summed E-state index contributed by atoms with van der Waals surface area (Å²) in [5.41, 5.74) is 4.18. The lowest BCUT2D eigenvalue weighted by Gasteiger charge is -2.33. The Balaban J connectivity index is 2.28. The highest BCUT2D eigenvalue weighted by Gasteiger charge is 2.27. The van der Waals surface area contributed by atoms with Crippen molar-refractivity contribution in [3.63, 3.8) is 0 Å². The van der Waals surface area contributed by atoms with Crippen LogP contribution in [0.5, 0.6) is 0 Å². The van der Waals surface area contributed by atoms with E-state index in [2.05, 4.69) is 32.0 Å². The second kappa shape index (κ2) is 8.37. The highest BCUT2D eigenvalue weighted by atomic mass is 16.6. The zero-order valence-corrected chi connectivity index (χ0v) is 15.1. The molecule has 0 saturated carbocycles. The van der Waals surface area contributed by atoms with Crippen molar-refractivity contribution in [2.24, 2.45) is 5.92 Å². The molecule has 0 radical (unpaired) electrons. The zero-order valence-electron chi connectivity index (χ0n) is 15.1. The molecule has 0 spiro atoms. The van der Waals surface area contributed by atoms with Gasteiger partial charge in [-0.3, -0.25) is 0 Å². The van der Waals surface area contributed by atoms with E-state index in [0.29, 0.717) is 12.5 Å². The van der Waals surface area contributed by atoms with Crippen molar-refractivity contribution in [2.75, 3.05) is 13.7 Å². The van der Waals surface area contributed by atoms with Gasteiger partial charge in [0.2, 0.25) is 0 Å². The summed E-state index contributed by atoms with van der Waals surface area (Å²) in [4.78, 5) is 14.0. The third kappa shape index (κ3) is 4.73. The van der Waals surface area contributed by atoms with Crippen molar-refractivity contribution in [2.45, 2.75) is 65.3 Å². The highest BCUT2D eigenvalue weighted by Crippen LogP contribution is 2.26. The lowest BCUT2D eigenvalue weighted by atomic mass is 9.85. The van der Waals surface area contributed by atoms with Crippen molar-refractivity contribution in [1.82, 2.24) is 4.90 Å². The first kappa shape index (κ1) is 17.8. The smallest absolute Gasteiger partial charge is 0.409 e. The average molecular weight is 317 g/mol. The third-order valence-corrected chi connectivity index (χ3v) is 5.11. The number of amides is 1. The molecule has 2 rings (SSSR count). The van der Waals surface area contributed by atoms with Crippen LogP contribution < -0.4 is 0 Å². The summed E-state index contributed by atoms with van der Waals surface area (Å²) >= 11 is 0. The van der Waals surface area contributed by atoms with Gasteiger partial charge in [-0.1, -0.05) is 43.5 Å². The van der Waals surface area contributed by atoms with Gasteiger partial charge in [-0.25, -0.2) is 4.79 Å². The molecule has 2 atom stereocenters. The van der Waals surface area contributed by atoms with Crippen LogP contribution in [0.25, 0.3) is 0 Å². The van der Waals surface area contributed by atoms with Crippen molar-refractivity contribution >= 4 is 6.09 Å². The summed E-state index contributed by atoms with van der Waals surface area (Å²) in [6.45, 7) is 6.72. The molecule has 1 aromatic rings. The molecular formula is C20H31NO2. The summed E-state index contributed by atoms with van der Waals surface area (Å²) in [5, 5.41) is 0. The minimum atomic E-state index is -0.199. The lowest BCUT2D eigenvalue weighted by Crippen LogP contribution is -2.43. The van der Waals surface area contributed by atoms with Crippen LogP contribution in [0.2, 0.25) is 0 Å². The molecule has 23 heavy (non-hydrogen) atoms. The molecule has 128 valence electrons. The second-order valence-electron chi connectivity index (χ2n) is 6.93. The van der Waals surface area contributed by atoms with Crippen LogP contribution in [0.4, 0.5) is 4.79 Å². The van der Waals surface area contributed by atoms with Crippen LogP contribution in [-0.2, 0) is 17.6 Å². The highest BCUT2D eigenvalue weighted by molar-refractivity contribution is 5.67.